The Kier molecular flexibility index (Phi) is 5.27. The number of thioether (sulfide) groups is 1. The van der Waals surface area contributed by atoms with E-state index in [0.29, 0.717) is 22.3 Å². The number of carbonyl (C=O) groups excluding carboxylic acids is 1. The van der Waals surface area contributed by atoms with Crippen LogP contribution in [0.2, 0.25) is 0 Å². The highest BCUT2D eigenvalue weighted by Crippen LogP contribution is 2.31. The van der Waals surface area contributed by atoms with Gasteiger partial charge in [-0.2, -0.15) is 9.61 Å². The van der Waals surface area contributed by atoms with Crippen molar-refractivity contribution in [2.24, 2.45) is 0 Å². The van der Waals surface area contributed by atoms with Crippen molar-refractivity contribution in [2.45, 2.75) is 5.16 Å². The Morgan fingerprint density at radius 3 is 2.71 bits per heavy atom. The predicted molar refractivity (Wildman–Crippen MR) is 109 cm³/mol. The fraction of sp³-hybridized carbons (Fsp3) is 0.158. The van der Waals surface area contributed by atoms with Crippen LogP contribution in [0.25, 0.3) is 16.9 Å². The van der Waals surface area contributed by atoms with Gasteiger partial charge in [-0.3, -0.25) is 4.79 Å². The van der Waals surface area contributed by atoms with Crippen molar-refractivity contribution in [3.05, 3.63) is 52.7 Å². The maximum absolute atomic E-state index is 12.2. The van der Waals surface area contributed by atoms with E-state index in [0.717, 1.165) is 16.1 Å². The van der Waals surface area contributed by atoms with E-state index in [2.05, 4.69) is 15.3 Å². The Hall–Kier alpha value is -2.91. The average Bonchev–Trinajstić information content (AvgIpc) is 3.41. The standard InChI is InChI=1S/C19H16N4O3S2/c1-25-15-7-5-12(10-16(15)26-2)13-6-8-18-20-21-19(23(18)22-13)28-11-14(24)17-4-3-9-27-17/h3-10H,11H2,1-2H3. The van der Waals surface area contributed by atoms with Crippen molar-refractivity contribution in [3.63, 3.8) is 0 Å². The molecule has 0 spiro atoms. The summed E-state index contributed by atoms with van der Waals surface area (Å²) < 4.78 is 12.3. The third-order valence-corrected chi connectivity index (χ3v) is 5.87. The lowest BCUT2D eigenvalue weighted by Crippen LogP contribution is -2.02. The molecular formula is C19H16N4O3S2. The van der Waals surface area contributed by atoms with Crippen LogP contribution in [-0.2, 0) is 0 Å². The second-order valence-electron chi connectivity index (χ2n) is 5.73. The number of hydrogen-bond acceptors (Lipinski definition) is 8. The molecule has 0 N–H and O–H groups in total. The number of nitrogens with zero attached hydrogens (tertiary/aromatic N) is 4. The van der Waals surface area contributed by atoms with Gasteiger partial charge in [-0.05, 0) is 41.8 Å². The highest BCUT2D eigenvalue weighted by Gasteiger charge is 2.14. The van der Waals surface area contributed by atoms with Crippen LogP contribution in [0.4, 0.5) is 0 Å². The Morgan fingerprint density at radius 1 is 1.11 bits per heavy atom. The highest BCUT2D eigenvalue weighted by molar-refractivity contribution is 7.99. The molecule has 0 unspecified atom stereocenters. The Bertz CT molecular complexity index is 1130. The number of hydrogen-bond donors (Lipinski definition) is 0. The van der Waals surface area contributed by atoms with E-state index in [1.807, 2.05) is 47.8 Å². The molecule has 7 nitrogen and oxygen atoms in total. The molecular weight excluding hydrogens is 396 g/mol. The first-order valence-corrected chi connectivity index (χ1v) is 10.2. The van der Waals surface area contributed by atoms with Crippen molar-refractivity contribution < 1.29 is 14.3 Å². The van der Waals surface area contributed by atoms with E-state index in [1.165, 1.54) is 23.1 Å². The minimum Gasteiger partial charge on any atom is -0.493 e. The molecule has 142 valence electrons. The van der Waals surface area contributed by atoms with Crippen LogP contribution in [0.1, 0.15) is 9.67 Å². The van der Waals surface area contributed by atoms with Gasteiger partial charge in [-0.25, -0.2) is 0 Å². The van der Waals surface area contributed by atoms with Crippen LogP contribution in [-0.4, -0.2) is 45.6 Å². The molecule has 0 atom stereocenters. The summed E-state index contributed by atoms with van der Waals surface area (Å²) in [5.74, 6) is 1.62. The summed E-state index contributed by atoms with van der Waals surface area (Å²) in [6, 6.07) is 13.0. The number of thiophene rings is 1. The number of rotatable bonds is 7. The predicted octanol–water partition coefficient (Wildman–Crippen LogP) is 3.85. The summed E-state index contributed by atoms with van der Waals surface area (Å²) in [5, 5.41) is 15.4. The van der Waals surface area contributed by atoms with Crippen molar-refractivity contribution in [1.82, 2.24) is 19.8 Å². The van der Waals surface area contributed by atoms with Crippen LogP contribution < -0.4 is 9.47 Å². The molecule has 0 saturated heterocycles. The fourth-order valence-corrected chi connectivity index (χ4v) is 4.17. The topological polar surface area (TPSA) is 78.6 Å². The largest absolute Gasteiger partial charge is 0.493 e. The third-order valence-electron chi connectivity index (χ3n) is 4.04. The molecule has 28 heavy (non-hydrogen) atoms. The van der Waals surface area contributed by atoms with Gasteiger partial charge in [0.25, 0.3) is 0 Å². The van der Waals surface area contributed by atoms with E-state index in [-0.39, 0.29) is 11.5 Å². The maximum atomic E-state index is 12.2. The second-order valence-corrected chi connectivity index (χ2v) is 7.62. The lowest BCUT2D eigenvalue weighted by atomic mass is 10.1. The van der Waals surface area contributed by atoms with Crippen LogP contribution in [0.15, 0.2) is 53.0 Å². The second kappa shape index (κ2) is 7.99. The molecule has 0 aliphatic heterocycles. The summed E-state index contributed by atoms with van der Waals surface area (Å²) >= 11 is 2.75. The molecule has 1 aromatic carbocycles. The van der Waals surface area contributed by atoms with Crippen molar-refractivity contribution in [3.8, 4) is 22.8 Å². The van der Waals surface area contributed by atoms with Crippen LogP contribution in [0, 0.1) is 0 Å². The summed E-state index contributed by atoms with van der Waals surface area (Å²) in [6.45, 7) is 0. The van der Waals surface area contributed by atoms with Crippen LogP contribution >= 0.6 is 23.1 Å². The molecule has 0 amide bonds. The van der Waals surface area contributed by atoms with Crippen LogP contribution in [0.5, 0.6) is 11.5 Å². The molecule has 0 aliphatic rings. The zero-order chi connectivity index (χ0) is 19.5. The molecule has 0 radical (unpaired) electrons. The van der Waals surface area contributed by atoms with E-state index >= 15 is 0 Å². The number of fused-ring (bicyclic) bond motifs is 1. The van der Waals surface area contributed by atoms with Gasteiger partial charge in [-0.15, -0.1) is 21.5 Å². The molecule has 4 rings (SSSR count). The van der Waals surface area contributed by atoms with Crippen molar-refractivity contribution >= 4 is 34.5 Å². The molecule has 3 aromatic heterocycles. The van der Waals surface area contributed by atoms with Gasteiger partial charge in [0.05, 0.1) is 30.5 Å². The zero-order valence-corrected chi connectivity index (χ0v) is 16.8. The van der Waals surface area contributed by atoms with Gasteiger partial charge in [0.2, 0.25) is 5.16 Å². The van der Waals surface area contributed by atoms with Gasteiger partial charge < -0.3 is 9.47 Å². The average molecular weight is 412 g/mol. The lowest BCUT2D eigenvalue weighted by Gasteiger charge is -2.09. The summed E-state index contributed by atoms with van der Waals surface area (Å²) in [4.78, 5) is 13.0. The van der Waals surface area contributed by atoms with Crippen molar-refractivity contribution in [1.29, 1.82) is 0 Å². The quantitative estimate of drug-likeness (QED) is 0.337. The summed E-state index contributed by atoms with van der Waals surface area (Å²) in [7, 11) is 3.19. The molecule has 0 saturated carbocycles. The number of ether oxygens (including phenoxy) is 2. The summed E-state index contributed by atoms with van der Waals surface area (Å²) in [5.41, 5.74) is 2.23. The minimum absolute atomic E-state index is 0.0628. The van der Waals surface area contributed by atoms with Gasteiger partial charge in [0.15, 0.2) is 22.9 Å². The summed E-state index contributed by atoms with van der Waals surface area (Å²) in [6.07, 6.45) is 0. The molecule has 4 aromatic rings. The zero-order valence-electron chi connectivity index (χ0n) is 15.2. The van der Waals surface area contributed by atoms with Gasteiger partial charge >= 0.3 is 0 Å². The number of methoxy groups -OCH3 is 2. The van der Waals surface area contributed by atoms with Gasteiger partial charge in [0.1, 0.15) is 0 Å². The number of benzene rings is 1. The maximum Gasteiger partial charge on any atom is 0.212 e. The van der Waals surface area contributed by atoms with Gasteiger partial charge in [-0.1, -0.05) is 17.8 Å². The first-order chi connectivity index (χ1) is 13.7. The van der Waals surface area contributed by atoms with E-state index < -0.39 is 0 Å². The first kappa shape index (κ1) is 18.5. The lowest BCUT2D eigenvalue weighted by molar-refractivity contribution is 0.102. The molecule has 0 aliphatic carbocycles. The van der Waals surface area contributed by atoms with Crippen LogP contribution in [0.3, 0.4) is 0 Å². The highest BCUT2D eigenvalue weighted by atomic mass is 32.2. The molecule has 0 fully saturated rings. The van der Waals surface area contributed by atoms with Gasteiger partial charge in [0, 0.05) is 5.56 Å². The Balaban J connectivity index is 1.62. The third kappa shape index (κ3) is 3.58. The normalized spacial score (nSPS) is 10.9. The smallest absolute Gasteiger partial charge is 0.212 e. The fourth-order valence-electron chi connectivity index (χ4n) is 2.65. The van der Waals surface area contributed by atoms with E-state index in [4.69, 9.17) is 9.47 Å². The minimum atomic E-state index is 0.0628. The number of carbonyl (C=O) groups is 1. The number of ketones is 1. The Morgan fingerprint density at radius 2 is 1.96 bits per heavy atom. The SMILES string of the molecule is COc1ccc(-c2ccc3nnc(SCC(=O)c4cccs4)n3n2)cc1OC. The van der Waals surface area contributed by atoms with E-state index in [1.54, 1.807) is 18.7 Å². The first-order valence-electron chi connectivity index (χ1n) is 8.34. The van der Waals surface area contributed by atoms with Crippen molar-refractivity contribution in [2.75, 3.05) is 20.0 Å². The monoisotopic (exact) mass is 412 g/mol. The molecule has 9 heteroatoms. The number of Topliss-reactive ketones (excluding diaryl/α,β-unsaturated/α-hetero) is 1. The Labute approximate surface area is 169 Å². The van der Waals surface area contributed by atoms with E-state index in [9.17, 15) is 4.79 Å². The molecule has 3 heterocycles. The number of aromatic nitrogens is 4. The molecule has 0 bridgehead atoms.